The number of nitrogens with one attached hydrogen (secondary N) is 2. The molecule has 0 bridgehead atoms. The third kappa shape index (κ3) is 3.98. The molecule has 0 amide bonds. The molecule has 0 radical (unpaired) electrons. The second-order valence-electron chi connectivity index (χ2n) is 8.96. The molecule has 1 aliphatic heterocycles. The molecule has 0 spiro atoms. The number of hydrogen-bond donors (Lipinski definition) is 2. The number of aromatic nitrogens is 4. The van der Waals surface area contributed by atoms with Gasteiger partial charge in [-0.2, -0.15) is 5.10 Å². The van der Waals surface area contributed by atoms with E-state index in [0.29, 0.717) is 17.7 Å². The molecule has 1 fully saturated rings. The van der Waals surface area contributed by atoms with Gasteiger partial charge in [-0.25, -0.2) is 9.50 Å². The number of aromatic amines is 1. The fraction of sp³-hybridized carbons (Fsp3) is 0.320. The lowest BCUT2D eigenvalue weighted by molar-refractivity contribution is 0.170. The molecule has 8 heteroatoms. The molecule has 0 unspecified atom stereocenters. The van der Waals surface area contributed by atoms with Crippen molar-refractivity contribution in [2.24, 2.45) is 0 Å². The average molecular weight is 444 g/mol. The van der Waals surface area contributed by atoms with Crippen molar-refractivity contribution in [2.45, 2.75) is 32.9 Å². The number of likely N-dealkylation sites (N-methyl/N-ethyl adjacent to an activating group) is 1. The quantitative estimate of drug-likeness (QED) is 0.501. The molecule has 2 N–H and O–H groups in total. The molecule has 3 aromatic heterocycles. The van der Waals surface area contributed by atoms with E-state index < -0.39 is 0 Å². The lowest BCUT2D eigenvalue weighted by Crippen LogP contribution is -2.55. The maximum Gasteiger partial charge on any atom is 0.248 e. The molecule has 1 aliphatic rings. The van der Waals surface area contributed by atoms with Gasteiger partial charge in [0.05, 0.1) is 11.4 Å². The Labute approximate surface area is 192 Å². The molecule has 8 nitrogen and oxygen atoms in total. The second-order valence-corrected chi connectivity index (χ2v) is 8.96. The summed E-state index contributed by atoms with van der Waals surface area (Å²) in [6.45, 7) is 8.79. The van der Waals surface area contributed by atoms with Crippen molar-refractivity contribution in [3.05, 3.63) is 70.9 Å². The zero-order valence-corrected chi connectivity index (χ0v) is 19.4. The predicted molar refractivity (Wildman–Crippen MR) is 132 cm³/mol. The van der Waals surface area contributed by atoms with Gasteiger partial charge in [-0.1, -0.05) is 0 Å². The lowest BCUT2D eigenvalue weighted by atomic mass is 10.1. The summed E-state index contributed by atoms with van der Waals surface area (Å²) < 4.78 is 1.76. The minimum Gasteiger partial charge on any atom is -0.368 e. The summed E-state index contributed by atoms with van der Waals surface area (Å²) in [6, 6.07) is 14.9. The molecule has 0 aliphatic carbocycles. The fourth-order valence-electron chi connectivity index (χ4n) is 4.67. The number of aryl methyl sites for hydroxylation is 1. The van der Waals surface area contributed by atoms with E-state index in [2.05, 4.69) is 76.2 Å². The van der Waals surface area contributed by atoms with Gasteiger partial charge in [0.2, 0.25) is 5.56 Å². The molecule has 4 heterocycles. The van der Waals surface area contributed by atoms with Crippen LogP contribution in [0.1, 0.15) is 19.4 Å². The molecule has 5 rings (SSSR count). The Morgan fingerprint density at radius 1 is 1.06 bits per heavy atom. The van der Waals surface area contributed by atoms with Crippen molar-refractivity contribution >= 4 is 22.7 Å². The van der Waals surface area contributed by atoms with Crippen molar-refractivity contribution in [2.75, 3.05) is 30.4 Å². The smallest absolute Gasteiger partial charge is 0.248 e. The van der Waals surface area contributed by atoms with Crippen LogP contribution in [0.25, 0.3) is 16.9 Å². The van der Waals surface area contributed by atoms with Crippen LogP contribution in [-0.4, -0.2) is 56.7 Å². The van der Waals surface area contributed by atoms with Gasteiger partial charge in [-0.3, -0.25) is 9.69 Å². The lowest BCUT2D eigenvalue weighted by Gasteiger charge is -2.44. The zero-order valence-electron chi connectivity index (χ0n) is 19.4. The van der Waals surface area contributed by atoms with E-state index >= 15 is 0 Å². The van der Waals surface area contributed by atoms with Crippen molar-refractivity contribution in [3.63, 3.8) is 0 Å². The Morgan fingerprint density at radius 2 is 1.85 bits per heavy atom. The Balaban J connectivity index is 1.43. The minimum atomic E-state index is -0.150. The van der Waals surface area contributed by atoms with Crippen LogP contribution in [0.4, 0.5) is 17.1 Å². The van der Waals surface area contributed by atoms with Gasteiger partial charge in [0.25, 0.3) is 0 Å². The van der Waals surface area contributed by atoms with Crippen molar-refractivity contribution < 1.29 is 0 Å². The summed E-state index contributed by atoms with van der Waals surface area (Å²) in [5.74, 6) is 0. The first kappa shape index (κ1) is 21.2. The Kier molecular flexibility index (Phi) is 5.38. The van der Waals surface area contributed by atoms with Crippen molar-refractivity contribution in [1.29, 1.82) is 0 Å². The highest BCUT2D eigenvalue weighted by Crippen LogP contribution is 2.30. The molecule has 4 aromatic rings. The van der Waals surface area contributed by atoms with E-state index in [0.717, 1.165) is 35.7 Å². The molecular formula is C25H29N7O. The van der Waals surface area contributed by atoms with E-state index in [9.17, 15) is 4.79 Å². The van der Waals surface area contributed by atoms with Crippen LogP contribution in [0, 0.1) is 6.92 Å². The van der Waals surface area contributed by atoms with Crippen molar-refractivity contribution in [1.82, 2.24) is 24.5 Å². The van der Waals surface area contributed by atoms with Crippen LogP contribution in [-0.2, 0) is 0 Å². The van der Waals surface area contributed by atoms with Gasteiger partial charge in [-0.05, 0) is 69.8 Å². The number of pyridine rings is 2. The number of rotatable bonds is 4. The summed E-state index contributed by atoms with van der Waals surface area (Å²) in [6.07, 6.45) is 3.17. The Bertz CT molecular complexity index is 1350. The third-order valence-electron chi connectivity index (χ3n) is 6.67. The largest absolute Gasteiger partial charge is 0.368 e. The van der Waals surface area contributed by atoms with Crippen LogP contribution in [0.3, 0.4) is 0 Å². The number of nitrogens with zero attached hydrogens (tertiary/aromatic N) is 5. The van der Waals surface area contributed by atoms with Crippen molar-refractivity contribution in [3.8, 4) is 11.3 Å². The number of anilines is 3. The first-order valence-electron chi connectivity index (χ1n) is 11.3. The molecule has 170 valence electrons. The minimum absolute atomic E-state index is 0.150. The van der Waals surface area contributed by atoms with E-state index in [4.69, 9.17) is 0 Å². The molecule has 2 atom stereocenters. The standard InChI is InChI=1S/C25H29N7O/c1-16-11-20(5-7-22(16)31-13-17(2)30(4)18(3)14-31)29-21-6-8-23(32-25(21)27-15-28-32)19-9-10-26-24(33)12-19/h5-12,15,17-18,29H,13-14H2,1-4H3,(H,26,33)/t17-,18+. The van der Waals surface area contributed by atoms with Gasteiger partial charge in [0.1, 0.15) is 6.33 Å². The summed E-state index contributed by atoms with van der Waals surface area (Å²) in [7, 11) is 2.21. The number of H-pyrrole nitrogens is 1. The van der Waals surface area contributed by atoms with Gasteiger partial charge < -0.3 is 15.2 Å². The topological polar surface area (TPSA) is 81.6 Å². The van der Waals surface area contributed by atoms with Crippen LogP contribution >= 0.6 is 0 Å². The summed E-state index contributed by atoms with van der Waals surface area (Å²) in [4.78, 5) is 23.8. The van der Waals surface area contributed by atoms with E-state index in [1.165, 1.54) is 17.6 Å². The first-order chi connectivity index (χ1) is 15.9. The Morgan fingerprint density at radius 3 is 2.58 bits per heavy atom. The third-order valence-corrected chi connectivity index (χ3v) is 6.67. The Hall–Kier alpha value is -3.65. The van der Waals surface area contributed by atoms with E-state index in [-0.39, 0.29) is 5.56 Å². The van der Waals surface area contributed by atoms with Crippen LogP contribution in [0.5, 0.6) is 0 Å². The van der Waals surface area contributed by atoms with E-state index in [1.54, 1.807) is 16.8 Å². The predicted octanol–water partition coefficient (Wildman–Crippen LogP) is 3.67. The summed E-state index contributed by atoms with van der Waals surface area (Å²) >= 11 is 0. The molecule has 1 saturated heterocycles. The second kappa shape index (κ2) is 8.37. The summed E-state index contributed by atoms with van der Waals surface area (Å²) in [5, 5.41) is 7.88. The maximum atomic E-state index is 11.8. The van der Waals surface area contributed by atoms with Crippen LogP contribution in [0.2, 0.25) is 0 Å². The number of benzene rings is 1. The number of hydrogen-bond acceptors (Lipinski definition) is 6. The number of piperazine rings is 1. The van der Waals surface area contributed by atoms with E-state index in [1.807, 2.05) is 18.2 Å². The SMILES string of the molecule is Cc1cc(Nc2ccc(-c3cc[nH]c(=O)c3)n3ncnc23)ccc1N1C[C@@H](C)N(C)[C@@H](C)C1. The molecular weight excluding hydrogens is 414 g/mol. The van der Waals surface area contributed by atoms with Crippen LogP contribution < -0.4 is 15.8 Å². The highest BCUT2D eigenvalue weighted by atomic mass is 16.1. The summed E-state index contributed by atoms with van der Waals surface area (Å²) in [5.41, 5.74) is 6.53. The molecule has 0 saturated carbocycles. The van der Waals surface area contributed by atoms with Gasteiger partial charge in [0, 0.05) is 54.4 Å². The van der Waals surface area contributed by atoms with Crippen LogP contribution in [0.15, 0.2) is 59.8 Å². The highest BCUT2D eigenvalue weighted by Gasteiger charge is 2.27. The normalized spacial score (nSPS) is 19.2. The first-order valence-corrected chi connectivity index (χ1v) is 11.3. The zero-order chi connectivity index (χ0) is 23.1. The molecule has 33 heavy (non-hydrogen) atoms. The number of fused-ring (bicyclic) bond motifs is 1. The average Bonchev–Trinajstić information content (AvgIpc) is 3.28. The van der Waals surface area contributed by atoms with Gasteiger partial charge >= 0.3 is 0 Å². The van der Waals surface area contributed by atoms with Gasteiger partial charge in [-0.15, -0.1) is 0 Å². The maximum absolute atomic E-state index is 11.8. The highest BCUT2D eigenvalue weighted by molar-refractivity contribution is 5.78. The molecule has 1 aromatic carbocycles. The van der Waals surface area contributed by atoms with Gasteiger partial charge in [0.15, 0.2) is 5.65 Å². The monoisotopic (exact) mass is 443 g/mol. The fourth-order valence-corrected chi connectivity index (χ4v) is 4.67.